The van der Waals surface area contributed by atoms with E-state index in [0.29, 0.717) is 18.8 Å². The second-order valence-corrected chi connectivity index (χ2v) is 5.04. The van der Waals surface area contributed by atoms with Gasteiger partial charge in [0.1, 0.15) is 0 Å². The summed E-state index contributed by atoms with van der Waals surface area (Å²) < 4.78 is 9.47. The van der Waals surface area contributed by atoms with Gasteiger partial charge in [-0.1, -0.05) is 33.1 Å². The molecule has 0 saturated carbocycles. The fourth-order valence-electron chi connectivity index (χ4n) is 0.984. The number of esters is 2. The summed E-state index contributed by atoms with van der Waals surface area (Å²) in [5.74, 6) is -1.55. The van der Waals surface area contributed by atoms with Crippen molar-refractivity contribution < 1.29 is 29.0 Å². The zero-order chi connectivity index (χ0) is 18.4. The lowest BCUT2D eigenvalue weighted by Gasteiger charge is -2.07. The van der Waals surface area contributed by atoms with E-state index < -0.39 is 11.9 Å². The molecule has 0 aliphatic carbocycles. The molecule has 0 amide bonds. The lowest BCUT2D eigenvalue weighted by molar-refractivity contribution is -0.140. The molecule has 6 nitrogen and oxygen atoms in total. The topological polar surface area (TPSA) is 89.9 Å². The van der Waals surface area contributed by atoms with Gasteiger partial charge >= 0.3 is 17.9 Å². The Labute approximate surface area is 137 Å². The van der Waals surface area contributed by atoms with Crippen LogP contribution in [-0.2, 0) is 23.9 Å². The monoisotopic (exact) mass is 326 g/mol. The van der Waals surface area contributed by atoms with Gasteiger partial charge in [0.2, 0.25) is 0 Å². The van der Waals surface area contributed by atoms with Crippen LogP contribution in [-0.4, -0.2) is 36.2 Å². The van der Waals surface area contributed by atoms with Crippen LogP contribution < -0.4 is 0 Å². The normalized spacial score (nSPS) is 9.78. The molecule has 23 heavy (non-hydrogen) atoms. The van der Waals surface area contributed by atoms with E-state index in [9.17, 15) is 14.4 Å². The third-order valence-electron chi connectivity index (χ3n) is 2.09. The van der Waals surface area contributed by atoms with Gasteiger partial charge in [-0.2, -0.15) is 0 Å². The lowest BCUT2D eigenvalue weighted by atomic mass is 10.2. The molecule has 0 aromatic carbocycles. The number of hydrogen-bond acceptors (Lipinski definition) is 5. The molecular formula is C17H26O6. The maximum Gasteiger partial charge on any atom is 0.333 e. The van der Waals surface area contributed by atoms with E-state index >= 15 is 0 Å². The van der Waals surface area contributed by atoms with Gasteiger partial charge in [-0.15, -0.1) is 0 Å². The minimum absolute atomic E-state index is 0.198. The third-order valence-corrected chi connectivity index (χ3v) is 2.09. The van der Waals surface area contributed by atoms with Crippen LogP contribution in [0.2, 0.25) is 0 Å². The molecule has 0 radical (unpaired) electrons. The van der Waals surface area contributed by atoms with Crippen LogP contribution in [0.3, 0.4) is 0 Å². The SMILES string of the molecule is C=C(C)C(=O)OCC.C=C(CC=CC(=O)O)C(=O)OCC(C)C. The number of rotatable bonds is 8. The molecule has 130 valence electrons. The Hall–Kier alpha value is -2.37. The first-order valence-electron chi connectivity index (χ1n) is 7.18. The number of aliphatic carboxylic acids is 1. The van der Waals surface area contributed by atoms with E-state index in [1.807, 2.05) is 13.8 Å². The summed E-state index contributed by atoms with van der Waals surface area (Å²) in [6.45, 7) is 14.9. The summed E-state index contributed by atoms with van der Waals surface area (Å²) in [5.41, 5.74) is 0.708. The van der Waals surface area contributed by atoms with Crippen LogP contribution in [0, 0.1) is 5.92 Å². The fourth-order valence-corrected chi connectivity index (χ4v) is 0.984. The Kier molecular flexibility index (Phi) is 13.2. The van der Waals surface area contributed by atoms with Crippen molar-refractivity contribution in [1.29, 1.82) is 0 Å². The fraction of sp³-hybridized carbons (Fsp3) is 0.471. The van der Waals surface area contributed by atoms with Crippen LogP contribution in [0.25, 0.3) is 0 Å². The number of hydrogen-bond donors (Lipinski definition) is 1. The van der Waals surface area contributed by atoms with Crippen LogP contribution in [0.5, 0.6) is 0 Å². The lowest BCUT2D eigenvalue weighted by Crippen LogP contribution is -2.11. The second-order valence-electron chi connectivity index (χ2n) is 5.04. The van der Waals surface area contributed by atoms with Gasteiger partial charge in [0.25, 0.3) is 0 Å². The van der Waals surface area contributed by atoms with Crippen LogP contribution in [0.4, 0.5) is 0 Å². The van der Waals surface area contributed by atoms with Crippen molar-refractivity contribution in [3.05, 3.63) is 36.5 Å². The highest BCUT2D eigenvalue weighted by molar-refractivity contribution is 5.88. The zero-order valence-electron chi connectivity index (χ0n) is 14.3. The average Bonchev–Trinajstić information content (AvgIpc) is 2.44. The minimum Gasteiger partial charge on any atom is -0.478 e. The van der Waals surface area contributed by atoms with Gasteiger partial charge in [-0.05, 0) is 26.2 Å². The molecule has 6 heteroatoms. The van der Waals surface area contributed by atoms with E-state index in [-0.39, 0.29) is 23.9 Å². The summed E-state index contributed by atoms with van der Waals surface area (Å²) in [7, 11) is 0. The standard InChI is InChI=1S/C11H16O4.C6H10O2/c1-8(2)7-15-11(14)9(3)5-4-6-10(12)13;1-4-8-6(7)5(2)3/h4,6,8H,3,5,7H2,1-2H3,(H,12,13);2,4H2,1,3H3. The second kappa shape index (κ2) is 13.3. The van der Waals surface area contributed by atoms with Gasteiger partial charge in [-0.3, -0.25) is 0 Å². The molecule has 0 aliphatic rings. The Morgan fingerprint density at radius 1 is 1.13 bits per heavy atom. The van der Waals surface area contributed by atoms with E-state index in [1.54, 1.807) is 13.8 Å². The number of carboxylic acids is 1. The number of carbonyl (C=O) groups excluding carboxylic acids is 2. The number of carboxylic acid groups (broad SMARTS) is 1. The van der Waals surface area contributed by atoms with E-state index in [2.05, 4.69) is 17.9 Å². The molecule has 0 spiro atoms. The molecule has 0 bridgehead atoms. The highest BCUT2D eigenvalue weighted by atomic mass is 16.5. The van der Waals surface area contributed by atoms with Crippen molar-refractivity contribution in [2.45, 2.75) is 34.1 Å². The van der Waals surface area contributed by atoms with Crippen LogP contribution in [0.15, 0.2) is 36.5 Å². The molecule has 0 rings (SSSR count). The van der Waals surface area contributed by atoms with Crippen molar-refractivity contribution >= 4 is 17.9 Å². The first kappa shape index (κ1) is 22.9. The third kappa shape index (κ3) is 15.8. The molecule has 0 aromatic heterocycles. The van der Waals surface area contributed by atoms with Crippen molar-refractivity contribution in [1.82, 2.24) is 0 Å². The first-order chi connectivity index (χ1) is 10.6. The van der Waals surface area contributed by atoms with Gasteiger partial charge in [0, 0.05) is 17.2 Å². The van der Waals surface area contributed by atoms with Gasteiger partial charge in [0.15, 0.2) is 0 Å². The summed E-state index contributed by atoms with van der Waals surface area (Å²) in [5, 5.41) is 8.31. The molecule has 0 fully saturated rings. The molecule has 0 aromatic rings. The molecular weight excluding hydrogens is 300 g/mol. The number of allylic oxidation sites excluding steroid dienone is 1. The summed E-state index contributed by atoms with van der Waals surface area (Å²) in [4.78, 5) is 31.8. The molecule has 0 aliphatic heterocycles. The van der Waals surface area contributed by atoms with Crippen molar-refractivity contribution in [3.8, 4) is 0 Å². The predicted octanol–water partition coefficient (Wildman–Crippen LogP) is 2.90. The Morgan fingerprint density at radius 2 is 1.70 bits per heavy atom. The molecule has 1 N–H and O–H groups in total. The minimum atomic E-state index is -1.04. The maximum absolute atomic E-state index is 11.2. The Bertz CT molecular complexity index is 460. The summed E-state index contributed by atoms with van der Waals surface area (Å²) in [6, 6.07) is 0. The van der Waals surface area contributed by atoms with E-state index in [0.717, 1.165) is 6.08 Å². The first-order valence-corrected chi connectivity index (χ1v) is 7.18. The zero-order valence-corrected chi connectivity index (χ0v) is 14.3. The highest BCUT2D eigenvalue weighted by Gasteiger charge is 2.07. The van der Waals surface area contributed by atoms with E-state index in [1.165, 1.54) is 6.08 Å². The summed E-state index contributed by atoms with van der Waals surface area (Å²) >= 11 is 0. The van der Waals surface area contributed by atoms with Gasteiger partial charge < -0.3 is 14.6 Å². The molecule has 0 heterocycles. The largest absolute Gasteiger partial charge is 0.478 e. The quantitative estimate of drug-likeness (QED) is 0.545. The Morgan fingerprint density at radius 3 is 2.04 bits per heavy atom. The highest BCUT2D eigenvalue weighted by Crippen LogP contribution is 2.04. The molecule has 0 saturated heterocycles. The molecule has 0 unspecified atom stereocenters. The Balaban J connectivity index is 0. The van der Waals surface area contributed by atoms with Gasteiger partial charge in [-0.25, -0.2) is 14.4 Å². The van der Waals surface area contributed by atoms with Crippen molar-refractivity contribution in [2.75, 3.05) is 13.2 Å². The van der Waals surface area contributed by atoms with Crippen molar-refractivity contribution in [2.24, 2.45) is 5.92 Å². The van der Waals surface area contributed by atoms with Gasteiger partial charge in [0.05, 0.1) is 13.2 Å². The smallest absolute Gasteiger partial charge is 0.333 e. The number of ether oxygens (including phenoxy) is 2. The molecule has 0 atom stereocenters. The van der Waals surface area contributed by atoms with Crippen molar-refractivity contribution in [3.63, 3.8) is 0 Å². The van der Waals surface area contributed by atoms with E-state index in [4.69, 9.17) is 9.84 Å². The number of carbonyl (C=O) groups is 3. The van der Waals surface area contributed by atoms with Crippen LogP contribution in [0.1, 0.15) is 34.1 Å². The summed E-state index contributed by atoms with van der Waals surface area (Å²) in [6.07, 6.45) is 2.53. The van der Waals surface area contributed by atoms with Crippen LogP contribution >= 0.6 is 0 Å². The maximum atomic E-state index is 11.2. The average molecular weight is 326 g/mol. The predicted molar refractivity (Wildman–Crippen MR) is 87.8 cm³/mol.